The maximum absolute atomic E-state index is 13.9. The Morgan fingerprint density at radius 2 is 2.29 bits per heavy atom. The van der Waals surface area contributed by atoms with Gasteiger partial charge in [0.05, 0.1) is 7.11 Å². The van der Waals surface area contributed by atoms with Crippen LogP contribution in [0.25, 0.3) is 0 Å². The van der Waals surface area contributed by atoms with Gasteiger partial charge in [0.2, 0.25) is 0 Å². The van der Waals surface area contributed by atoms with E-state index in [0.717, 1.165) is 19.4 Å². The average molecular weight is 317 g/mol. The summed E-state index contributed by atoms with van der Waals surface area (Å²) in [5, 5.41) is 3.13. The zero-order valence-corrected chi connectivity index (χ0v) is 13.2. The van der Waals surface area contributed by atoms with Gasteiger partial charge < -0.3 is 15.0 Å². The second-order valence-corrected chi connectivity index (χ2v) is 5.13. The number of benzene rings is 1. The van der Waals surface area contributed by atoms with E-state index in [1.807, 2.05) is 7.05 Å². The number of piperidine rings is 1. The van der Waals surface area contributed by atoms with Crippen LogP contribution in [0.1, 0.15) is 23.2 Å². The molecule has 1 aliphatic rings. The van der Waals surface area contributed by atoms with E-state index < -0.39 is 5.82 Å². The molecule has 1 heterocycles. The van der Waals surface area contributed by atoms with Crippen LogP contribution in [0, 0.1) is 11.7 Å². The fourth-order valence-electron chi connectivity index (χ4n) is 2.74. The first kappa shape index (κ1) is 17.7. The number of nitrogens with zero attached hydrogens (tertiary/aromatic N) is 1. The van der Waals surface area contributed by atoms with Crippen LogP contribution in [0.4, 0.5) is 4.39 Å². The van der Waals surface area contributed by atoms with Crippen molar-refractivity contribution in [3.05, 3.63) is 29.6 Å². The normalized spacial score (nSPS) is 18.0. The molecule has 1 fully saturated rings. The van der Waals surface area contributed by atoms with Crippen LogP contribution in [-0.2, 0) is 0 Å². The zero-order chi connectivity index (χ0) is 14.5. The summed E-state index contributed by atoms with van der Waals surface area (Å²) in [6, 6.07) is 4.46. The van der Waals surface area contributed by atoms with Crippen LogP contribution in [-0.4, -0.2) is 44.6 Å². The third-order valence-corrected chi connectivity index (χ3v) is 3.71. The molecule has 21 heavy (non-hydrogen) atoms. The van der Waals surface area contributed by atoms with Crippen molar-refractivity contribution in [1.29, 1.82) is 0 Å². The summed E-state index contributed by atoms with van der Waals surface area (Å²) in [6.07, 6.45) is 2.05. The minimum atomic E-state index is -0.523. The number of halogens is 2. The van der Waals surface area contributed by atoms with Crippen LogP contribution < -0.4 is 10.1 Å². The summed E-state index contributed by atoms with van der Waals surface area (Å²) in [7, 11) is 3.35. The number of methoxy groups -OCH3 is 1. The number of nitrogens with one attached hydrogen (secondary N) is 1. The van der Waals surface area contributed by atoms with Gasteiger partial charge in [0.25, 0.3) is 5.91 Å². The predicted molar refractivity (Wildman–Crippen MR) is 82.8 cm³/mol. The van der Waals surface area contributed by atoms with Gasteiger partial charge in [-0.25, -0.2) is 4.39 Å². The number of likely N-dealkylation sites (tertiary alicyclic amines) is 1. The van der Waals surface area contributed by atoms with Crippen molar-refractivity contribution in [2.45, 2.75) is 12.8 Å². The minimum Gasteiger partial charge on any atom is -0.496 e. The number of ether oxygens (including phenoxy) is 1. The van der Waals surface area contributed by atoms with Crippen molar-refractivity contribution < 1.29 is 13.9 Å². The molecular formula is C15H22ClFN2O2. The number of hydrogen-bond acceptors (Lipinski definition) is 3. The van der Waals surface area contributed by atoms with Gasteiger partial charge in [0.15, 0.2) is 0 Å². The molecule has 0 radical (unpaired) electrons. The second-order valence-electron chi connectivity index (χ2n) is 5.13. The molecule has 0 aliphatic carbocycles. The molecular weight excluding hydrogens is 295 g/mol. The number of rotatable bonds is 4. The Labute approximate surface area is 131 Å². The first-order valence-electron chi connectivity index (χ1n) is 6.93. The molecule has 0 bridgehead atoms. The highest BCUT2D eigenvalue weighted by molar-refractivity contribution is 5.97. The highest BCUT2D eigenvalue weighted by Gasteiger charge is 2.27. The number of hydrogen-bond donors (Lipinski definition) is 1. The Morgan fingerprint density at radius 1 is 1.52 bits per heavy atom. The van der Waals surface area contributed by atoms with E-state index in [9.17, 15) is 9.18 Å². The molecule has 1 N–H and O–H groups in total. The first-order chi connectivity index (χ1) is 9.67. The maximum atomic E-state index is 13.9. The first-order valence-corrected chi connectivity index (χ1v) is 6.93. The lowest BCUT2D eigenvalue weighted by atomic mass is 9.97. The van der Waals surface area contributed by atoms with E-state index in [2.05, 4.69) is 5.32 Å². The Bertz CT molecular complexity index is 483. The number of amides is 1. The molecule has 1 unspecified atom stereocenters. The molecule has 6 heteroatoms. The van der Waals surface area contributed by atoms with Crippen LogP contribution in [0.2, 0.25) is 0 Å². The summed E-state index contributed by atoms with van der Waals surface area (Å²) in [6.45, 7) is 2.21. The van der Waals surface area contributed by atoms with Gasteiger partial charge in [-0.3, -0.25) is 4.79 Å². The molecule has 1 aliphatic heterocycles. The highest BCUT2D eigenvalue weighted by Crippen LogP contribution is 2.25. The molecule has 1 aromatic carbocycles. The van der Waals surface area contributed by atoms with Gasteiger partial charge in [0, 0.05) is 13.1 Å². The Balaban J connectivity index is 0.00000220. The fraction of sp³-hybridized carbons (Fsp3) is 0.533. The Morgan fingerprint density at radius 3 is 2.95 bits per heavy atom. The predicted octanol–water partition coefficient (Wildman–Crippen LogP) is 2.33. The van der Waals surface area contributed by atoms with Crippen molar-refractivity contribution in [2.75, 3.05) is 33.8 Å². The highest BCUT2D eigenvalue weighted by atomic mass is 35.5. The average Bonchev–Trinajstić information content (AvgIpc) is 2.47. The van der Waals surface area contributed by atoms with Gasteiger partial charge in [0.1, 0.15) is 17.1 Å². The minimum absolute atomic E-state index is 0. The summed E-state index contributed by atoms with van der Waals surface area (Å²) in [5.74, 6) is -0.0768. The van der Waals surface area contributed by atoms with E-state index in [1.165, 1.54) is 13.2 Å². The van der Waals surface area contributed by atoms with Gasteiger partial charge in [-0.1, -0.05) is 6.07 Å². The van der Waals surface area contributed by atoms with Gasteiger partial charge >= 0.3 is 0 Å². The van der Waals surface area contributed by atoms with Crippen molar-refractivity contribution >= 4 is 18.3 Å². The molecule has 0 spiro atoms. The third-order valence-electron chi connectivity index (χ3n) is 3.71. The standard InChI is InChI=1S/C15H21FN2O2.ClH/c1-17-9-11-5-4-8-18(10-11)15(19)14-12(16)6-3-7-13(14)20-2;/h3,6-7,11,17H,4-5,8-10H2,1-2H3;1H. The molecule has 0 aromatic heterocycles. The largest absolute Gasteiger partial charge is 0.496 e. The smallest absolute Gasteiger partial charge is 0.260 e. The van der Waals surface area contributed by atoms with Gasteiger partial charge in [-0.05, 0) is 44.5 Å². The van der Waals surface area contributed by atoms with Crippen molar-refractivity contribution in [3.63, 3.8) is 0 Å². The van der Waals surface area contributed by atoms with E-state index >= 15 is 0 Å². The van der Waals surface area contributed by atoms with Crippen molar-refractivity contribution in [3.8, 4) is 5.75 Å². The van der Waals surface area contributed by atoms with Crippen LogP contribution in [0.15, 0.2) is 18.2 Å². The maximum Gasteiger partial charge on any atom is 0.260 e. The van der Waals surface area contributed by atoms with E-state index in [4.69, 9.17) is 4.74 Å². The lowest BCUT2D eigenvalue weighted by Gasteiger charge is -2.33. The molecule has 1 amide bonds. The van der Waals surface area contributed by atoms with Crippen molar-refractivity contribution in [1.82, 2.24) is 10.2 Å². The van der Waals surface area contributed by atoms with E-state index in [0.29, 0.717) is 24.8 Å². The second kappa shape index (κ2) is 8.20. The SMILES string of the molecule is CNCC1CCCN(C(=O)c2c(F)cccc2OC)C1.Cl. The lowest BCUT2D eigenvalue weighted by Crippen LogP contribution is -2.42. The molecule has 1 atom stereocenters. The molecule has 4 nitrogen and oxygen atoms in total. The molecule has 118 valence electrons. The number of carbonyl (C=O) groups is 1. The molecule has 1 saturated heterocycles. The lowest BCUT2D eigenvalue weighted by molar-refractivity contribution is 0.0666. The summed E-state index contributed by atoms with van der Waals surface area (Å²) in [5.41, 5.74) is 0.0418. The molecule has 1 aromatic rings. The van der Waals surface area contributed by atoms with Crippen LogP contribution in [0.5, 0.6) is 5.75 Å². The number of carbonyl (C=O) groups excluding carboxylic acids is 1. The van der Waals surface area contributed by atoms with E-state index in [-0.39, 0.29) is 23.9 Å². The molecule has 0 saturated carbocycles. The summed E-state index contributed by atoms with van der Waals surface area (Å²) >= 11 is 0. The Hall–Kier alpha value is -1.33. The quantitative estimate of drug-likeness (QED) is 0.927. The zero-order valence-electron chi connectivity index (χ0n) is 12.4. The Kier molecular flexibility index (Phi) is 6.92. The van der Waals surface area contributed by atoms with Gasteiger partial charge in [-0.15, -0.1) is 12.4 Å². The molecule has 2 rings (SSSR count). The third kappa shape index (κ3) is 4.08. The van der Waals surface area contributed by atoms with Crippen LogP contribution >= 0.6 is 12.4 Å². The monoisotopic (exact) mass is 316 g/mol. The fourth-order valence-corrected chi connectivity index (χ4v) is 2.74. The van der Waals surface area contributed by atoms with Gasteiger partial charge in [-0.2, -0.15) is 0 Å². The van der Waals surface area contributed by atoms with Crippen LogP contribution in [0.3, 0.4) is 0 Å². The summed E-state index contributed by atoms with van der Waals surface area (Å²) in [4.78, 5) is 14.3. The van der Waals surface area contributed by atoms with Crippen molar-refractivity contribution in [2.24, 2.45) is 5.92 Å². The van der Waals surface area contributed by atoms with E-state index in [1.54, 1.807) is 17.0 Å². The summed E-state index contributed by atoms with van der Waals surface area (Å²) < 4.78 is 19.1. The topological polar surface area (TPSA) is 41.6 Å².